The first kappa shape index (κ1) is 16.3. The monoisotopic (exact) mass is 324 g/mol. The fraction of sp³-hybridized carbons (Fsp3) is 0.250. The lowest BCUT2D eigenvalue weighted by molar-refractivity contribution is 0.0753. The Labute approximate surface area is 140 Å². The molecule has 0 aliphatic carbocycles. The van der Waals surface area contributed by atoms with E-state index in [1.54, 1.807) is 19.2 Å². The number of phenolic OH excluding ortho intramolecular Hbond substituents is 1. The van der Waals surface area contributed by atoms with Gasteiger partial charge in [-0.1, -0.05) is 31.5 Å². The first-order valence-corrected chi connectivity index (χ1v) is 8.03. The zero-order valence-corrected chi connectivity index (χ0v) is 13.8. The first-order chi connectivity index (χ1) is 11.7. The number of benzene rings is 2. The number of para-hydroxylation sites is 1. The molecular formula is C20H20O4. The molecule has 1 heterocycles. The summed E-state index contributed by atoms with van der Waals surface area (Å²) in [5.41, 5.74) is 1.72. The number of hydrogen-bond acceptors (Lipinski definition) is 4. The fourth-order valence-electron chi connectivity index (χ4n) is 2.90. The minimum Gasteiger partial charge on any atom is -0.508 e. The molecule has 3 aromatic rings. The number of rotatable bonds is 6. The molecule has 4 nitrogen and oxygen atoms in total. The SMILES string of the molecule is CCC[C@@H](OC)c1oc2ccccc2c1C(=O)c1ccc(O)cc1. The van der Waals surface area contributed by atoms with E-state index >= 15 is 0 Å². The van der Waals surface area contributed by atoms with Crippen LogP contribution >= 0.6 is 0 Å². The number of aromatic hydroxyl groups is 1. The lowest BCUT2D eigenvalue weighted by Gasteiger charge is -2.13. The highest BCUT2D eigenvalue weighted by atomic mass is 16.5. The highest BCUT2D eigenvalue weighted by Gasteiger charge is 2.27. The standard InChI is InChI=1S/C20H20O4/c1-3-6-17(23-2)20-18(15-7-4-5-8-16(15)24-20)19(22)13-9-11-14(21)12-10-13/h4-5,7-12,17,21H,3,6H2,1-2H3/t17-/m1/s1. The van der Waals surface area contributed by atoms with Crippen molar-refractivity contribution in [3.05, 3.63) is 65.4 Å². The third-order valence-corrected chi connectivity index (χ3v) is 4.11. The topological polar surface area (TPSA) is 59.7 Å². The van der Waals surface area contributed by atoms with Crippen molar-refractivity contribution in [3.8, 4) is 5.75 Å². The van der Waals surface area contributed by atoms with Crippen molar-refractivity contribution >= 4 is 16.8 Å². The Balaban J connectivity index is 2.17. The molecule has 2 aromatic carbocycles. The quantitative estimate of drug-likeness (QED) is 0.658. The molecule has 0 fully saturated rings. The molecule has 0 bridgehead atoms. The Morgan fingerprint density at radius 3 is 2.54 bits per heavy atom. The number of phenols is 1. The van der Waals surface area contributed by atoms with E-state index in [1.165, 1.54) is 12.1 Å². The molecule has 0 saturated carbocycles. The van der Waals surface area contributed by atoms with E-state index in [2.05, 4.69) is 6.92 Å². The Morgan fingerprint density at radius 1 is 1.17 bits per heavy atom. The highest BCUT2D eigenvalue weighted by molar-refractivity contribution is 6.17. The van der Waals surface area contributed by atoms with Crippen molar-refractivity contribution in [3.63, 3.8) is 0 Å². The molecule has 0 saturated heterocycles. The third-order valence-electron chi connectivity index (χ3n) is 4.11. The van der Waals surface area contributed by atoms with Gasteiger partial charge in [-0.05, 0) is 36.8 Å². The van der Waals surface area contributed by atoms with Gasteiger partial charge in [0.05, 0.1) is 5.56 Å². The summed E-state index contributed by atoms with van der Waals surface area (Å²) in [6.45, 7) is 2.07. The van der Waals surface area contributed by atoms with Crippen LogP contribution < -0.4 is 0 Å². The van der Waals surface area contributed by atoms with Crippen LogP contribution in [-0.2, 0) is 4.74 Å². The molecular weight excluding hydrogens is 304 g/mol. The van der Waals surface area contributed by atoms with Gasteiger partial charge in [-0.15, -0.1) is 0 Å². The molecule has 24 heavy (non-hydrogen) atoms. The fourth-order valence-corrected chi connectivity index (χ4v) is 2.90. The number of methoxy groups -OCH3 is 1. The van der Waals surface area contributed by atoms with E-state index in [0.29, 0.717) is 22.5 Å². The van der Waals surface area contributed by atoms with Crippen LogP contribution in [-0.4, -0.2) is 18.0 Å². The lowest BCUT2D eigenvalue weighted by Crippen LogP contribution is -2.08. The summed E-state index contributed by atoms with van der Waals surface area (Å²) in [5.74, 6) is 0.566. The number of ketones is 1. The summed E-state index contributed by atoms with van der Waals surface area (Å²) in [7, 11) is 1.63. The Hall–Kier alpha value is -2.59. The molecule has 0 aliphatic heterocycles. The number of hydrogen-bond donors (Lipinski definition) is 1. The summed E-state index contributed by atoms with van der Waals surface area (Å²) < 4.78 is 11.5. The number of fused-ring (bicyclic) bond motifs is 1. The zero-order valence-electron chi connectivity index (χ0n) is 13.8. The second-order valence-corrected chi connectivity index (χ2v) is 5.73. The van der Waals surface area contributed by atoms with Gasteiger partial charge in [-0.25, -0.2) is 0 Å². The van der Waals surface area contributed by atoms with E-state index in [1.807, 2.05) is 24.3 Å². The average Bonchev–Trinajstić information content (AvgIpc) is 2.99. The van der Waals surface area contributed by atoms with Crippen LogP contribution in [0, 0.1) is 0 Å². The van der Waals surface area contributed by atoms with Gasteiger partial charge >= 0.3 is 0 Å². The van der Waals surface area contributed by atoms with Crippen LogP contribution in [0.3, 0.4) is 0 Å². The maximum Gasteiger partial charge on any atom is 0.197 e. The van der Waals surface area contributed by atoms with Gasteiger partial charge in [-0.2, -0.15) is 0 Å². The van der Waals surface area contributed by atoms with E-state index in [4.69, 9.17) is 9.15 Å². The molecule has 124 valence electrons. The normalized spacial score (nSPS) is 12.4. The van der Waals surface area contributed by atoms with Crippen molar-refractivity contribution in [1.29, 1.82) is 0 Å². The van der Waals surface area contributed by atoms with Crippen LogP contribution in [0.1, 0.15) is 47.6 Å². The molecule has 0 aliphatic rings. The predicted molar refractivity (Wildman–Crippen MR) is 92.4 cm³/mol. The summed E-state index contributed by atoms with van der Waals surface area (Å²) in [5, 5.41) is 10.2. The van der Waals surface area contributed by atoms with Gasteiger partial charge in [0.25, 0.3) is 0 Å². The highest BCUT2D eigenvalue weighted by Crippen LogP contribution is 2.35. The van der Waals surface area contributed by atoms with E-state index in [9.17, 15) is 9.90 Å². The first-order valence-electron chi connectivity index (χ1n) is 8.03. The molecule has 1 N–H and O–H groups in total. The number of carbonyl (C=O) groups is 1. The number of carbonyl (C=O) groups excluding carboxylic acids is 1. The Kier molecular flexibility index (Phi) is 4.67. The van der Waals surface area contributed by atoms with Crippen molar-refractivity contribution in [2.75, 3.05) is 7.11 Å². The molecule has 0 radical (unpaired) electrons. The second-order valence-electron chi connectivity index (χ2n) is 5.73. The number of furan rings is 1. The molecule has 1 aromatic heterocycles. The maximum atomic E-state index is 13.1. The van der Waals surface area contributed by atoms with Crippen LogP contribution in [0.2, 0.25) is 0 Å². The summed E-state index contributed by atoms with van der Waals surface area (Å²) >= 11 is 0. The van der Waals surface area contributed by atoms with Gasteiger partial charge in [0.15, 0.2) is 5.78 Å². The molecule has 0 amide bonds. The summed E-state index contributed by atoms with van der Waals surface area (Å²) in [4.78, 5) is 13.1. The van der Waals surface area contributed by atoms with Gasteiger partial charge in [0, 0.05) is 18.1 Å². The Morgan fingerprint density at radius 2 is 1.88 bits per heavy atom. The van der Waals surface area contributed by atoms with Crippen molar-refractivity contribution in [2.45, 2.75) is 25.9 Å². The van der Waals surface area contributed by atoms with Gasteiger partial charge < -0.3 is 14.3 Å². The average molecular weight is 324 g/mol. The van der Waals surface area contributed by atoms with Crippen LogP contribution in [0.15, 0.2) is 52.9 Å². The van der Waals surface area contributed by atoms with E-state index < -0.39 is 0 Å². The largest absolute Gasteiger partial charge is 0.508 e. The third kappa shape index (κ3) is 2.93. The lowest BCUT2D eigenvalue weighted by atomic mass is 9.97. The van der Waals surface area contributed by atoms with Crippen LogP contribution in [0.4, 0.5) is 0 Å². The maximum absolute atomic E-state index is 13.1. The van der Waals surface area contributed by atoms with Gasteiger partial charge in [-0.3, -0.25) is 4.79 Å². The minimum atomic E-state index is -0.265. The predicted octanol–water partition coefficient (Wildman–Crippen LogP) is 4.86. The molecule has 4 heteroatoms. The van der Waals surface area contributed by atoms with E-state index in [-0.39, 0.29) is 17.6 Å². The van der Waals surface area contributed by atoms with Crippen molar-refractivity contribution < 1.29 is 19.1 Å². The van der Waals surface area contributed by atoms with Gasteiger partial charge in [0.2, 0.25) is 0 Å². The Bertz CT molecular complexity index is 846. The summed E-state index contributed by atoms with van der Waals surface area (Å²) in [6, 6.07) is 13.8. The second kappa shape index (κ2) is 6.89. The van der Waals surface area contributed by atoms with E-state index in [0.717, 1.165) is 18.2 Å². The van der Waals surface area contributed by atoms with Crippen LogP contribution in [0.5, 0.6) is 5.75 Å². The smallest absolute Gasteiger partial charge is 0.197 e. The number of ether oxygens (including phenoxy) is 1. The van der Waals surface area contributed by atoms with Crippen LogP contribution in [0.25, 0.3) is 11.0 Å². The minimum absolute atomic E-state index is 0.129. The van der Waals surface area contributed by atoms with Gasteiger partial charge in [0.1, 0.15) is 23.2 Å². The van der Waals surface area contributed by atoms with Crippen molar-refractivity contribution in [2.24, 2.45) is 0 Å². The zero-order chi connectivity index (χ0) is 17.1. The van der Waals surface area contributed by atoms with Crippen molar-refractivity contribution in [1.82, 2.24) is 0 Å². The molecule has 0 spiro atoms. The molecule has 3 rings (SSSR count). The summed E-state index contributed by atoms with van der Waals surface area (Å²) in [6.07, 6.45) is 1.42. The molecule has 0 unspecified atom stereocenters. The molecule has 1 atom stereocenters.